The molecule has 5 amide bonds. The van der Waals surface area contributed by atoms with Crippen LogP contribution in [-0.2, 0) is 24.0 Å². The van der Waals surface area contributed by atoms with E-state index in [1.165, 1.54) is 244 Å². The van der Waals surface area contributed by atoms with Gasteiger partial charge in [-0.25, -0.2) is 0 Å². The Balaban J connectivity index is 4.35. The number of primary amides is 1. The average Bonchev–Trinajstić information content (AvgIpc) is 3.41. The Labute approximate surface area is 474 Å². The van der Waals surface area contributed by atoms with Crippen molar-refractivity contribution in [1.82, 2.24) is 20.9 Å². The number of nitrogens with two attached hydrogens (primary N) is 3. The van der Waals surface area contributed by atoms with Crippen molar-refractivity contribution in [3.8, 4) is 0 Å². The lowest BCUT2D eigenvalue weighted by atomic mass is 10.0. The van der Waals surface area contributed by atoms with E-state index in [-0.39, 0.29) is 42.9 Å². The Kier molecular flexibility index (Phi) is 56.2. The van der Waals surface area contributed by atoms with E-state index in [9.17, 15) is 24.0 Å². The molecule has 0 aromatic carbocycles. The van der Waals surface area contributed by atoms with Crippen LogP contribution in [0.4, 0.5) is 0 Å². The summed E-state index contributed by atoms with van der Waals surface area (Å²) in [4.78, 5) is 69.2. The first kappa shape index (κ1) is 73.6. The van der Waals surface area contributed by atoms with Crippen molar-refractivity contribution in [1.29, 1.82) is 0 Å². The van der Waals surface area contributed by atoms with Crippen LogP contribution < -0.4 is 33.2 Å². The third kappa shape index (κ3) is 55.7. The topological polar surface area (TPSA) is 215 Å². The molecule has 0 aliphatic heterocycles. The smallest absolute Gasteiger partial charge is 0.240 e. The minimum atomic E-state index is -0.891. The molecule has 0 unspecified atom stereocenters. The number of nitrogens with one attached hydrogen (secondary N) is 3. The molecule has 0 aromatic rings. The van der Waals surface area contributed by atoms with Crippen molar-refractivity contribution >= 4 is 35.5 Å². The number of carbonyl (C=O) groups excluding carboxylic acids is 5. The largest absolute Gasteiger partial charge is 0.370 e. The maximum Gasteiger partial charge on any atom is 0.240 e. The number of guanidine groups is 1. The molecular weight excluding hydrogens is 961 g/mol. The summed E-state index contributed by atoms with van der Waals surface area (Å²) in [5, 5.41) is 8.70. The van der Waals surface area contributed by atoms with Crippen molar-refractivity contribution in [2.75, 3.05) is 32.7 Å². The van der Waals surface area contributed by atoms with E-state index >= 15 is 0 Å². The van der Waals surface area contributed by atoms with Crippen LogP contribution in [-0.4, -0.2) is 79.2 Å². The number of aliphatic imine (C=N–C) groups is 1. The van der Waals surface area contributed by atoms with Gasteiger partial charge in [0, 0.05) is 58.4 Å². The van der Waals surface area contributed by atoms with Gasteiger partial charge in [-0.2, -0.15) is 0 Å². The summed E-state index contributed by atoms with van der Waals surface area (Å²) in [7, 11) is 0. The van der Waals surface area contributed by atoms with Crippen LogP contribution in [0.1, 0.15) is 335 Å². The molecule has 13 nitrogen and oxygen atoms in total. The van der Waals surface area contributed by atoms with Crippen LogP contribution in [0.25, 0.3) is 0 Å². The van der Waals surface area contributed by atoms with Gasteiger partial charge in [0.1, 0.15) is 6.04 Å². The summed E-state index contributed by atoms with van der Waals surface area (Å²) in [5.41, 5.74) is 16.3. The maximum atomic E-state index is 13.5. The van der Waals surface area contributed by atoms with E-state index in [1.54, 1.807) is 4.90 Å². The molecule has 9 N–H and O–H groups in total. The highest BCUT2D eigenvalue weighted by Crippen LogP contribution is 2.18. The van der Waals surface area contributed by atoms with Gasteiger partial charge in [0.15, 0.2) is 5.96 Å². The van der Waals surface area contributed by atoms with Gasteiger partial charge >= 0.3 is 0 Å². The van der Waals surface area contributed by atoms with Gasteiger partial charge in [-0.15, -0.1) is 0 Å². The van der Waals surface area contributed by atoms with Crippen LogP contribution in [0.2, 0.25) is 0 Å². The van der Waals surface area contributed by atoms with Gasteiger partial charge in [0.2, 0.25) is 29.5 Å². The summed E-state index contributed by atoms with van der Waals surface area (Å²) in [6.07, 6.45) is 58.7. The fraction of sp³-hybridized carbons (Fsp3) is 0.906. The lowest BCUT2D eigenvalue weighted by Crippen LogP contribution is -2.45. The fourth-order valence-corrected chi connectivity index (χ4v) is 10.4. The van der Waals surface area contributed by atoms with Crippen molar-refractivity contribution in [2.24, 2.45) is 22.2 Å². The third-order valence-corrected chi connectivity index (χ3v) is 15.4. The average molecular weight is 1090 g/mol. The highest BCUT2D eigenvalue weighted by atomic mass is 16.2. The number of hydrogen-bond donors (Lipinski definition) is 6. The molecular formula is C64H126N8O5. The maximum absolute atomic E-state index is 13.5. The molecule has 0 rings (SSSR count). The second-order valence-electron chi connectivity index (χ2n) is 22.9. The van der Waals surface area contributed by atoms with Gasteiger partial charge in [0.25, 0.3) is 0 Å². The van der Waals surface area contributed by atoms with E-state index in [4.69, 9.17) is 17.2 Å². The van der Waals surface area contributed by atoms with Crippen LogP contribution in [0, 0.1) is 0 Å². The summed E-state index contributed by atoms with van der Waals surface area (Å²) in [6, 6.07) is -0.891. The van der Waals surface area contributed by atoms with Gasteiger partial charge in [-0.3, -0.25) is 29.0 Å². The summed E-state index contributed by atoms with van der Waals surface area (Å²) >= 11 is 0. The van der Waals surface area contributed by atoms with Gasteiger partial charge < -0.3 is 38.1 Å². The van der Waals surface area contributed by atoms with E-state index in [1.807, 2.05) is 0 Å². The van der Waals surface area contributed by atoms with Crippen LogP contribution in [0.15, 0.2) is 4.99 Å². The number of carbonyl (C=O) groups is 5. The molecule has 77 heavy (non-hydrogen) atoms. The molecule has 0 aliphatic carbocycles. The molecule has 0 bridgehead atoms. The Morgan fingerprint density at radius 3 is 0.948 bits per heavy atom. The molecule has 0 aromatic heterocycles. The van der Waals surface area contributed by atoms with Crippen molar-refractivity contribution in [2.45, 2.75) is 341 Å². The zero-order chi connectivity index (χ0) is 56.3. The monoisotopic (exact) mass is 1090 g/mol. The van der Waals surface area contributed by atoms with E-state index < -0.39 is 17.9 Å². The highest BCUT2D eigenvalue weighted by Gasteiger charge is 2.20. The Morgan fingerprint density at radius 1 is 0.364 bits per heavy atom. The molecule has 13 heteroatoms. The number of nitrogens with zero attached hydrogens (tertiary/aromatic N) is 2. The molecule has 0 heterocycles. The minimum Gasteiger partial charge on any atom is -0.370 e. The van der Waals surface area contributed by atoms with Crippen LogP contribution >= 0.6 is 0 Å². The van der Waals surface area contributed by atoms with Crippen LogP contribution in [0.5, 0.6) is 0 Å². The second-order valence-corrected chi connectivity index (χ2v) is 22.9. The predicted molar refractivity (Wildman–Crippen MR) is 327 cm³/mol. The van der Waals surface area contributed by atoms with Gasteiger partial charge in [0.05, 0.1) is 0 Å². The zero-order valence-electron chi connectivity index (χ0n) is 50.6. The molecule has 0 fully saturated rings. The Bertz CT molecular complexity index is 1330. The Hall–Kier alpha value is -3.38. The lowest BCUT2D eigenvalue weighted by Gasteiger charge is -2.23. The zero-order valence-corrected chi connectivity index (χ0v) is 50.6. The van der Waals surface area contributed by atoms with Gasteiger partial charge in [-0.05, 0) is 38.5 Å². The molecule has 0 saturated heterocycles. The standard InChI is InChI=1S/C64H126N8O5/c1-3-5-7-9-11-13-15-17-19-21-23-25-27-29-31-33-35-37-39-41-43-49-59(73)68-54-46-56-72(62(76)52-51-61(75)71-58(63(65)77)48-45-53-70-64(66)67)57-47-55-69-60(74)50-44-42-40-38-36-34-32-30-28-26-24-22-20-18-16-14-12-10-8-6-4-2/h58H,3-57H2,1-2H3,(H2,65,77)(H,68,73)(H,69,74)(H,71,75)(H4,66,67,70)/t58-/m0/s1. The van der Waals surface area contributed by atoms with E-state index in [0.29, 0.717) is 64.8 Å². The third-order valence-electron chi connectivity index (χ3n) is 15.4. The summed E-state index contributed by atoms with van der Waals surface area (Å²) < 4.78 is 0. The molecule has 0 aliphatic rings. The van der Waals surface area contributed by atoms with E-state index in [2.05, 4.69) is 34.8 Å². The van der Waals surface area contributed by atoms with E-state index in [0.717, 1.165) is 25.7 Å². The molecule has 0 spiro atoms. The molecule has 0 radical (unpaired) electrons. The van der Waals surface area contributed by atoms with Crippen LogP contribution in [0.3, 0.4) is 0 Å². The first-order valence-corrected chi connectivity index (χ1v) is 33.1. The molecule has 1 atom stereocenters. The SMILES string of the molecule is CCCCCCCCCCCCCCCCCCCCCCCC(=O)NCCCN(CCCNC(=O)CCCCCCCCCCCCCCCCCCCCCCC)C(=O)CCC(=O)N[C@@H](CCCN=C(N)N)C(N)=O. The number of hydrogen-bond acceptors (Lipinski definition) is 6. The minimum absolute atomic E-state index is 0.0387. The fourth-order valence-electron chi connectivity index (χ4n) is 10.4. The molecule has 452 valence electrons. The quantitative estimate of drug-likeness (QED) is 0.0197. The summed E-state index contributed by atoms with van der Waals surface area (Å²) in [6.45, 7) is 6.62. The predicted octanol–water partition coefficient (Wildman–Crippen LogP) is 14.8. The first-order valence-electron chi connectivity index (χ1n) is 33.1. The number of amides is 5. The van der Waals surface area contributed by atoms with Crippen molar-refractivity contribution in [3.63, 3.8) is 0 Å². The highest BCUT2D eigenvalue weighted by molar-refractivity contribution is 5.88. The summed E-state index contributed by atoms with van der Waals surface area (Å²) in [5.74, 6) is -1.27. The normalized spacial score (nSPS) is 11.6. The number of rotatable bonds is 61. The lowest BCUT2D eigenvalue weighted by molar-refractivity contribution is -0.134. The number of unbranched alkanes of at least 4 members (excludes halogenated alkanes) is 40. The first-order chi connectivity index (χ1) is 37.6. The Morgan fingerprint density at radius 2 is 0.662 bits per heavy atom. The second kappa shape index (κ2) is 58.8. The van der Waals surface area contributed by atoms with Crippen molar-refractivity contribution < 1.29 is 24.0 Å². The van der Waals surface area contributed by atoms with Gasteiger partial charge in [-0.1, -0.05) is 271 Å². The van der Waals surface area contributed by atoms with Crippen molar-refractivity contribution in [3.05, 3.63) is 0 Å². The molecule has 0 saturated carbocycles.